The van der Waals surface area contributed by atoms with Crippen LogP contribution in [0.4, 0.5) is 0 Å². The van der Waals surface area contributed by atoms with Crippen molar-refractivity contribution in [1.29, 1.82) is 5.26 Å². The van der Waals surface area contributed by atoms with E-state index in [1.807, 2.05) is 6.07 Å². The Hall–Kier alpha value is -1.36. The lowest BCUT2D eigenvalue weighted by atomic mass is 10.0. The van der Waals surface area contributed by atoms with Crippen LogP contribution in [0.15, 0.2) is 18.5 Å². The summed E-state index contributed by atoms with van der Waals surface area (Å²) in [5.41, 5.74) is 1.85. The van der Waals surface area contributed by atoms with E-state index in [4.69, 9.17) is 5.26 Å². The van der Waals surface area contributed by atoms with Crippen LogP contribution < -0.4 is 0 Å². The standard InChI is InChI=1S/C11H14N2/c1-2-3-4-5-10-6-7-13-9-11(10)8-12/h6-7,9H,2-5H2,1H3. The van der Waals surface area contributed by atoms with Gasteiger partial charge in [0.2, 0.25) is 0 Å². The lowest BCUT2D eigenvalue weighted by molar-refractivity contribution is 0.716. The van der Waals surface area contributed by atoms with Gasteiger partial charge in [-0.2, -0.15) is 5.26 Å². The van der Waals surface area contributed by atoms with Crippen molar-refractivity contribution >= 4 is 0 Å². The third kappa shape index (κ3) is 2.87. The third-order valence-electron chi connectivity index (χ3n) is 2.08. The van der Waals surface area contributed by atoms with Gasteiger partial charge in [0, 0.05) is 12.4 Å². The summed E-state index contributed by atoms with van der Waals surface area (Å²) >= 11 is 0. The number of aryl methyl sites for hydroxylation is 1. The molecule has 0 saturated carbocycles. The van der Waals surface area contributed by atoms with Gasteiger partial charge >= 0.3 is 0 Å². The molecule has 0 aliphatic rings. The zero-order chi connectivity index (χ0) is 9.52. The first-order valence-corrected chi connectivity index (χ1v) is 4.71. The largest absolute Gasteiger partial charge is 0.263 e. The predicted octanol–water partition coefficient (Wildman–Crippen LogP) is 2.69. The molecular weight excluding hydrogens is 160 g/mol. The van der Waals surface area contributed by atoms with Crippen molar-refractivity contribution in [2.45, 2.75) is 32.6 Å². The van der Waals surface area contributed by atoms with E-state index in [0.29, 0.717) is 0 Å². The van der Waals surface area contributed by atoms with Crippen LogP contribution in [0.5, 0.6) is 0 Å². The topological polar surface area (TPSA) is 36.7 Å². The zero-order valence-corrected chi connectivity index (χ0v) is 7.95. The molecule has 0 spiro atoms. The smallest absolute Gasteiger partial charge is 0.101 e. The monoisotopic (exact) mass is 174 g/mol. The molecule has 2 heteroatoms. The first-order chi connectivity index (χ1) is 6.38. The Labute approximate surface area is 79.2 Å². The first-order valence-electron chi connectivity index (χ1n) is 4.71. The maximum atomic E-state index is 8.78. The molecule has 0 amide bonds. The van der Waals surface area contributed by atoms with E-state index in [9.17, 15) is 0 Å². The molecule has 0 radical (unpaired) electrons. The van der Waals surface area contributed by atoms with E-state index < -0.39 is 0 Å². The number of hydrogen-bond acceptors (Lipinski definition) is 2. The second-order valence-electron chi connectivity index (χ2n) is 3.10. The van der Waals surface area contributed by atoms with Gasteiger partial charge in [-0.15, -0.1) is 0 Å². The van der Waals surface area contributed by atoms with Crippen LogP contribution in [0.25, 0.3) is 0 Å². The summed E-state index contributed by atoms with van der Waals surface area (Å²) in [4.78, 5) is 3.92. The Balaban J connectivity index is 2.60. The maximum absolute atomic E-state index is 8.78. The molecule has 0 unspecified atom stereocenters. The minimum absolute atomic E-state index is 0.721. The van der Waals surface area contributed by atoms with E-state index >= 15 is 0 Å². The molecule has 1 heterocycles. The summed E-state index contributed by atoms with van der Waals surface area (Å²) < 4.78 is 0. The summed E-state index contributed by atoms with van der Waals surface area (Å²) in [6.07, 6.45) is 8.00. The Bertz CT molecular complexity index is 299. The number of rotatable bonds is 4. The Morgan fingerprint density at radius 2 is 2.31 bits per heavy atom. The maximum Gasteiger partial charge on any atom is 0.101 e. The lowest BCUT2D eigenvalue weighted by Gasteiger charge is -2.01. The lowest BCUT2D eigenvalue weighted by Crippen LogP contribution is -1.91. The van der Waals surface area contributed by atoms with Gasteiger partial charge < -0.3 is 0 Å². The molecule has 0 saturated heterocycles. The van der Waals surface area contributed by atoms with Gasteiger partial charge in [0.1, 0.15) is 6.07 Å². The molecular formula is C11H14N2. The second kappa shape index (κ2) is 5.31. The number of unbranched alkanes of at least 4 members (excludes halogenated alkanes) is 2. The van der Waals surface area contributed by atoms with Crippen molar-refractivity contribution < 1.29 is 0 Å². The summed E-state index contributed by atoms with van der Waals surface area (Å²) in [5.74, 6) is 0. The second-order valence-corrected chi connectivity index (χ2v) is 3.10. The van der Waals surface area contributed by atoms with Crippen molar-refractivity contribution in [3.63, 3.8) is 0 Å². The van der Waals surface area contributed by atoms with Crippen LogP contribution in [0.3, 0.4) is 0 Å². The number of aromatic nitrogens is 1. The molecule has 0 bridgehead atoms. The first kappa shape index (κ1) is 9.73. The SMILES string of the molecule is CCCCCc1ccncc1C#N. The zero-order valence-electron chi connectivity index (χ0n) is 7.95. The number of pyridine rings is 1. The van der Waals surface area contributed by atoms with E-state index in [1.54, 1.807) is 12.4 Å². The molecule has 13 heavy (non-hydrogen) atoms. The molecule has 0 aliphatic carbocycles. The average molecular weight is 174 g/mol. The van der Waals surface area contributed by atoms with Crippen LogP contribution in [0.1, 0.15) is 37.3 Å². The molecule has 0 N–H and O–H groups in total. The molecule has 68 valence electrons. The summed E-state index contributed by atoms with van der Waals surface area (Å²) in [6.45, 7) is 2.18. The highest BCUT2D eigenvalue weighted by Crippen LogP contribution is 2.10. The quantitative estimate of drug-likeness (QED) is 0.658. The molecule has 2 nitrogen and oxygen atoms in total. The van der Waals surface area contributed by atoms with Crippen molar-refractivity contribution in [1.82, 2.24) is 4.98 Å². The van der Waals surface area contributed by atoms with Gasteiger partial charge in [-0.1, -0.05) is 19.8 Å². The van der Waals surface area contributed by atoms with E-state index in [-0.39, 0.29) is 0 Å². The van der Waals surface area contributed by atoms with Crippen LogP contribution in [0.2, 0.25) is 0 Å². The van der Waals surface area contributed by atoms with Crippen molar-refractivity contribution in [3.8, 4) is 6.07 Å². The number of nitrogens with zero attached hydrogens (tertiary/aromatic N) is 2. The number of nitriles is 1. The van der Waals surface area contributed by atoms with Gasteiger partial charge in [-0.25, -0.2) is 0 Å². The highest BCUT2D eigenvalue weighted by atomic mass is 14.6. The molecule has 0 aliphatic heterocycles. The van der Waals surface area contributed by atoms with Crippen LogP contribution >= 0.6 is 0 Å². The van der Waals surface area contributed by atoms with Crippen LogP contribution in [0, 0.1) is 11.3 Å². The van der Waals surface area contributed by atoms with Crippen molar-refractivity contribution in [2.75, 3.05) is 0 Å². The van der Waals surface area contributed by atoms with E-state index in [2.05, 4.69) is 18.0 Å². The fraction of sp³-hybridized carbons (Fsp3) is 0.455. The summed E-state index contributed by atoms with van der Waals surface area (Å²) in [5, 5.41) is 8.78. The van der Waals surface area contributed by atoms with Crippen molar-refractivity contribution in [2.24, 2.45) is 0 Å². The Kier molecular flexibility index (Phi) is 3.98. The minimum Gasteiger partial charge on any atom is -0.263 e. The molecule has 1 rings (SSSR count). The average Bonchev–Trinajstić information content (AvgIpc) is 2.19. The fourth-order valence-electron chi connectivity index (χ4n) is 1.31. The van der Waals surface area contributed by atoms with Gasteiger partial charge in [0.05, 0.1) is 5.56 Å². The molecule has 1 aromatic heterocycles. The van der Waals surface area contributed by atoms with E-state index in [0.717, 1.165) is 24.0 Å². The van der Waals surface area contributed by atoms with E-state index in [1.165, 1.54) is 12.8 Å². The van der Waals surface area contributed by atoms with Gasteiger partial charge in [-0.3, -0.25) is 4.98 Å². The van der Waals surface area contributed by atoms with Crippen LogP contribution in [-0.2, 0) is 6.42 Å². The third-order valence-corrected chi connectivity index (χ3v) is 2.08. The highest BCUT2D eigenvalue weighted by Gasteiger charge is 1.99. The number of hydrogen-bond donors (Lipinski definition) is 0. The molecule has 0 fully saturated rings. The Morgan fingerprint density at radius 1 is 1.46 bits per heavy atom. The highest BCUT2D eigenvalue weighted by molar-refractivity contribution is 5.34. The van der Waals surface area contributed by atoms with Gasteiger partial charge in [-0.05, 0) is 24.5 Å². The van der Waals surface area contributed by atoms with Gasteiger partial charge in [0.15, 0.2) is 0 Å². The normalized spacial score (nSPS) is 9.54. The minimum atomic E-state index is 0.721. The predicted molar refractivity (Wildman–Crippen MR) is 52.2 cm³/mol. The van der Waals surface area contributed by atoms with Gasteiger partial charge in [0.25, 0.3) is 0 Å². The molecule has 1 aromatic rings. The summed E-state index contributed by atoms with van der Waals surface area (Å²) in [7, 11) is 0. The fourth-order valence-corrected chi connectivity index (χ4v) is 1.31. The molecule has 0 atom stereocenters. The van der Waals surface area contributed by atoms with Crippen molar-refractivity contribution in [3.05, 3.63) is 29.6 Å². The Morgan fingerprint density at radius 3 is 3.00 bits per heavy atom. The summed E-state index contributed by atoms with van der Waals surface area (Å²) in [6, 6.07) is 4.10. The molecule has 0 aromatic carbocycles. The van der Waals surface area contributed by atoms with Crippen LogP contribution in [-0.4, -0.2) is 4.98 Å².